The second-order valence-corrected chi connectivity index (χ2v) is 8.56. The zero-order valence-corrected chi connectivity index (χ0v) is 14.8. The molecule has 0 heterocycles. The fraction of sp³-hybridized carbons (Fsp3) is 0.600. The van der Waals surface area contributed by atoms with Gasteiger partial charge in [-0.15, -0.1) is 0 Å². The molecule has 4 N–H and O–H groups in total. The van der Waals surface area contributed by atoms with Gasteiger partial charge < -0.3 is 5.32 Å². The van der Waals surface area contributed by atoms with Crippen LogP contribution in [0.3, 0.4) is 0 Å². The first kappa shape index (κ1) is 16.6. The number of rotatable bonds is 4. The van der Waals surface area contributed by atoms with E-state index in [9.17, 15) is 9.59 Å². The molecule has 2 amide bonds. The van der Waals surface area contributed by atoms with Gasteiger partial charge in [-0.25, -0.2) is 5.84 Å². The largest absolute Gasteiger partial charge is 0.340 e. The topological polar surface area (TPSA) is 84.2 Å². The molecule has 4 aliphatic rings. The summed E-state index contributed by atoms with van der Waals surface area (Å²) in [5.41, 5.74) is 3.87. The van der Waals surface area contributed by atoms with Crippen LogP contribution in [0.4, 0.5) is 0 Å². The Morgan fingerprint density at radius 2 is 1.56 bits per heavy atom. The van der Waals surface area contributed by atoms with Crippen LogP contribution in [-0.4, -0.2) is 17.9 Å². The molecule has 5 rings (SSSR count). The summed E-state index contributed by atoms with van der Waals surface area (Å²) < 4.78 is 0. The number of benzene rings is 1. The molecule has 0 aromatic heterocycles. The number of hydrogen-bond acceptors (Lipinski definition) is 3. The third kappa shape index (κ3) is 2.95. The van der Waals surface area contributed by atoms with Crippen LogP contribution < -0.4 is 16.6 Å². The molecule has 4 aliphatic carbocycles. The van der Waals surface area contributed by atoms with Crippen molar-refractivity contribution in [1.29, 1.82) is 0 Å². The van der Waals surface area contributed by atoms with Crippen molar-refractivity contribution in [3.05, 3.63) is 35.4 Å². The van der Waals surface area contributed by atoms with Gasteiger partial charge in [-0.05, 0) is 75.3 Å². The van der Waals surface area contributed by atoms with Crippen molar-refractivity contribution in [2.24, 2.45) is 29.0 Å². The summed E-state index contributed by atoms with van der Waals surface area (Å²) in [6.07, 6.45) is 6.98. The van der Waals surface area contributed by atoms with Crippen LogP contribution >= 0.6 is 0 Å². The van der Waals surface area contributed by atoms with E-state index in [4.69, 9.17) is 5.84 Å². The number of aryl methyl sites for hydroxylation is 1. The molecule has 0 saturated heterocycles. The molecule has 0 radical (unpaired) electrons. The molecule has 0 spiro atoms. The molecular formula is C20H27N3O2. The molecule has 1 unspecified atom stereocenters. The van der Waals surface area contributed by atoms with Crippen LogP contribution in [0.25, 0.3) is 0 Å². The van der Waals surface area contributed by atoms with E-state index in [1.807, 2.05) is 31.2 Å². The van der Waals surface area contributed by atoms with Crippen molar-refractivity contribution in [3.8, 4) is 0 Å². The van der Waals surface area contributed by atoms with E-state index in [0.29, 0.717) is 23.3 Å². The highest BCUT2D eigenvalue weighted by molar-refractivity contribution is 5.97. The van der Waals surface area contributed by atoms with Gasteiger partial charge in [0.2, 0.25) is 0 Å². The number of nitrogens with two attached hydrogens (primary N) is 1. The smallest absolute Gasteiger partial charge is 0.257 e. The third-order valence-electron chi connectivity index (χ3n) is 6.69. The summed E-state index contributed by atoms with van der Waals surface area (Å²) in [6.45, 7) is 1.99. The number of hydrazine groups is 1. The standard InChI is InChI=1S/C20H27N3O2/c1-12-2-4-16(5-3-12)18(24)22-17(19(25)23-21)20-9-13-6-14(10-20)8-15(7-13)11-20/h2-5,13-15,17H,6-11,21H2,1H3,(H,22,24)(H,23,25). The van der Waals surface area contributed by atoms with Crippen molar-refractivity contribution in [2.45, 2.75) is 51.5 Å². The van der Waals surface area contributed by atoms with Gasteiger partial charge in [0.15, 0.2) is 0 Å². The lowest BCUT2D eigenvalue weighted by atomic mass is 9.47. The maximum atomic E-state index is 12.7. The van der Waals surface area contributed by atoms with Gasteiger partial charge in [-0.1, -0.05) is 17.7 Å². The zero-order chi connectivity index (χ0) is 17.6. The minimum atomic E-state index is -0.542. The third-order valence-corrected chi connectivity index (χ3v) is 6.69. The Kier molecular flexibility index (Phi) is 4.07. The minimum Gasteiger partial charge on any atom is -0.340 e. The Bertz CT molecular complexity index is 647. The Morgan fingerprint density at radius 1 is 1.04 bits per heavy atom. The lowest BCUT2D eigenvalue weighted by molar-refractivity contribution is -0.134. The van der Waals surface area contributed by atoms with Crippen molar-refractivity contribution in [1.82, 2.24) is 10.7 Å². The van der Waals surface area contributed by atoms with Crippen LogP contribution in [0.2, 0.25) is 0 Å². The molecule has 25 heavy (non-hydrogen) atoms. The molecule has 4 saturated carbocycles. The molecule has 1 atom stereocenters. The van der Waals surface area contributed by atoms with E-state index >= 15 is 0 Å². The average molecular weight is 341 g/mol. The van der Waals surface area contributed by atoms with Crippen LogP contribution in [0.1, 0.15) is 54.4 Å². The summed E-state index contributed by atoms with van der Waals surface area (Å²) in [5.74, 6) is 7.14. The number of amides is 2. The number of nitrogens with one attached hydrogen (secondary N) is 2. The normalized spacial score (nSPS) is 33.8. The van der Waals surface area contributed by atoms with Gasteiger partial charge in [-0.3, -0.25) is 15.0 Å². The highest BCUT2D eigenvalue weighted by atomic mass is 16.2. The van der Waals surface area contributed by atoms with E-state index in [-0.39, 0.29) is 17.2 Å². The maximum absolute atomic E-state index is 12.7. The van der Waals surface area contributed by atoms with Gasteiger partial charge in [0, 0.05) is 11.0 Å². The predicted molar refractivity (Wildman–Crippen MR) is 95.4 cm³/mol. The Balaban J connectivity index is 1.59. The number of carbonyl (C=O) groups excluding carboxylic acids is 2. The van der Waals surface area contributed by atoms with E-state index in [1.54, 1.807) is 0 Å². The summed E-state index contributed by atoms with van der Waals surface area (Å²) in [7, 11) is 0. The summed E-state index contributed by atoms with van der Waals surface area (Å²) in [4.78, 5) is 25.3. The van der Waals surface area contributed by atoms with Gasteiger partial charge in [0.05, 0.1) is 0 Å². The maximum Gasteiger partial charge on any atom is 0.257 e. The molecule has 1 aromatic rings. The predicted octanol–water partition coefficient (Wildman–Crippen LogP) is 2.30. The molecule has 0 aliphatic heterocycles. The van der Waals surface area contributed by atoms with E-state index in [1.165, 1.54) is 19.3 Å². The average Bonchev–Trinajstić information content (AvgIpc) is 2.58. The van der Waals surface area contributed by atoms with Gasteiger partial charge in [-0.2, -0.15) is 0 Å². The fourth-order valence-electron chi connectivity index (χ4n) is 6.03. The fourth-order valence-corrected chi connectivity index (χ4v) is 6.03. The second-order valence-electron chi connectivity index (χ2n) is 8.56. The lowest BCUT2D eigenvalue weighted by Crippen LogP contribution is -2.62. The molecule has 134 valence electrons. The first-order valence-corrected chi connectivity index (χ1v) is 9.37. The Hall–Kier alpha value is -1.88. The summed E-state index contributed by atoms with van der Waals surface area (Å²) >= 11 is 0. The minimum absolute atomic E-state index is 0.126. The molecule has 5 nitrogen and oxygen atoms in total. The monoisotopic (exact) mass is 341 g/mol. The van der Waals surface area contributed by atoms with Crippen molar-refractivity contribution in [2.75, 3.05) is 0 Å². The van der Waals surface area contributed by atoms with Crippen LogP contribution in [-0.2, 0) is 4.79 Å². The summed E-state index contributed by atoms with van der Waals surface area (Å²) in [6, 6.07) is 6.90. The van der Waals surface area contributed by atoms with E-state index in [0.717, 1.165) is 24.8 Å². The SMILES string of the molecule is Cc1ccc(C(=O)NC(C(=O)NN)C23CC4CC(CC(C4)C2)C3)cc1. The van der Waals surface area contributed by atoms with Crippen LogP contribution in [0.5, 0.6) is 0 Å². The van der Waals surface area contributed by atoms with Crippen LogP contribution in [0.15, 0.2) is 24.3 Å². The first-order chi connectivity index (χ1) is 12.0. The van der Waals surface area contributed by atoms with E-state index in [2.05, 4.69) is 10.7 Å². The van der Waals surface area contributed by atoms with Crippen molar-refractivity contribution in [3.63, 3.8) is 0 Å². The molecule has 4 fully saturated rings. The first-order valence-electron chi connectivity index (χ1n) is 9.37. The highest BCUT2D eigenvalue weighted by Crippen LogP contribution is 2.61. The van der Waals surface area contributed by atoms with Crippen molar-refractivity contribution >= 4 is 11.8 Å². The number of hydrogen-bond donors (Lipinski definition) is 3. The quantitative estimate of drug-likeness (QED) is 0.446. The molecule has 5 heteroatoms. The van der Waals surface area contributed by atoms with E-state index < -0.39 is 6.04 Å². The number of carbonyl (C=O) groups is 2. The molecular weight excluding hydrogens is 314 g/mol. The Morgan fingerprint density at radius 3 is 2.04 bits per heavy atom. The van der Waals surface area contributed by atoms with Gasteiger partial charge in [0.25, 0.3) is 11.8 Å². The summed E-state index contributed by atoms with van der Waals surface area (Å²) in [5, 5.41) is 3.03. The van der Waals surface area contributed by atoms with Gasteiger partial charge >= 0.3 is 0 Å². The Labute approximate surface area is 148 Å². The second kappa shape index (κ2) is 6.13. The molecule has 4 bridgehead atoms. The lowest BCUT2D eigenvalue weighted by Gasteiger charge is -2.58. The van der Waals surface area contributed by atoms with Crippen LogP contribution in [0, 0.1) is 30.1 Å². The van der Waals surface area contributed by atoms with Gasteiger partial charge in [0.1, 0.15) is 6.04 Å². The molecule has 1 aromatic carbocycles. The zero-order valence-electron chi connectivity index (χ0n) is 14.8. The van der Waals surface area contributed by atoms with Crippen molar-refractivity contribution < 1.29 is 9.59 Å². The highest BCUT2D eigenvalue weighted by Gasteiger charge is 2.56.